The van der Waals surface area contributed by atoms with Crippen molar-refractivity contribution >= 4 is 43.3 Å². The molecule has 6 heterocycles. The van der Waals surface area contributed by atoms with Gasteiger partial charge in [-0.1, -0.05) is 0 Å². The van der Waals surface area contributed by atoms with E-state index in [9.17, 15) is 14.9 Å². The first-order valence-corrected chi connectivity index (χ1v) is 14.0. The third-order valence-corrected chi connectivity index (χ3v) is 9.43. The number of fused-ring (bicyclic) bond motifs is 4. The largest absolute Gasteiger partial charge is 0.389 e. The molecule has 2 fully saturated rings. The highest BCUT2D eigenvalue weighted by Gasteiger charge is 2.33. The number of nitrogens with zero attached hydrogens (tertiary/aromatic N) is 7. The van der Waals surface area contributed by atoms with Gasteiger partial charge in [-0.15, -0.1) is 11.3 Å². The summed E-state index contributed by atoms with van der Waals surface area (Å²) in [6, 6.07) is 4.75. The molecule has 1 aromatic carbocycles. The third kappa shape index (κ3) is 3.79. The van der Waals surface area contributed by atoms with Gasteiger partial charge in [-0.2, -0.15) is 10.5 Å². The van der Waals surface area contributed by atoms with E-state index >= 15 is 4.39 Å². The number of ether oxygens (including phenoxy) is 1. The predicted octanol–water partition coefficient (Wildman–Crippen LogP) is 4.48. The Hall–Kier alpha value is -3.97. The second-order valence-electron chi connectivity index (χ2n) is 10.5. The smallest absolute Gasteiger partial charge is 0.226 e. The summed E-state index contributed by atoms with van der Waals surface area (Å²) in [4.78, 5) is 18.1. The van der Waals surface area contributed by atoms with E-state index in [1.54, 1.807) is 6.20 Å². The van der Waals surface area contributed by atoms with Crippen LogP contribution in [0.1, 0.15) is 36.0 Å². The SMILES string of the molecule is N#Cc1c(N)sc2c(F)cnc(-c3c4c(c5cnc(N6CC[C@@H](N7CCC(C#N)CC7)C6)nc5c3F)COC4)c12. The number of benzene rings is 1. The number of nitrogens with two attached hydrogens (primary N) is 1. The average molecular weight is 559 g/mol. The molecule has 4 aromatic rings. The summed E-state index contributed by atoms with van der Waals surface area (Å²) < 4.78 is 37.1. The first kappa shape index (κ1) is 25.0. The maximum absolute atomic E-state index is 16.5. The van der Waals surface area contributed by atoms with Crippen LogP contribution in [0.25, 0.3) is 32.2 Å². The molecule has 2 N–H and O–H groups in total. The molecule has 7 rings (SSSR count). The van der Waals surface area contributed by atoms with E-state index in [2.05, 4.69) is 25.8 Å². The molecule has 0 amide bonds. The standard InChI is InChI=1S/C28H24F2N8OS/c29-20-10-34-25(22-16(8-32)27(33)40-26(20)22)21-19-13-39-12-18(19)17-9-35-28(36-24(17)23(21)30)38-6-3-15(11-38)37-4-1-14(7-31)2-5-37/h9-10,14-15H,1-6,11-13,33H2/t15-/m1/s1. The highest BCUT2D eigenvalue weighted by atomic mass is 32.1. The number of aromatic nitrogens is 3. The average Bonchev–Trinajstić information content (AvgIpc) is 3.73. The van der Waals surface area contributed by atoms with Gasteiger partial charge >= 0.3 is 0 Å². The van der Waals surface area contributed by atoms with Crippen molar-refractivity contribution in [2.45, 2.75) is 38.5 Å². The zero-order valence-corrected chi connectivity index (χ0v) is 22.3. The molecule has 0 spiro atoms. The lowest BCUT2D eigenvalue weighted by molar-refractivity contribution is 0.135. The van der Waals surface area contributed by atoms with Crippen molar-refractivity contribution in [1.82, 2.24) is 19.9 Å². The highest BCUT2D eigenvalue weighted by Crippen LogP contribution is 2.45. The summed E-state index contributed by atoms with van der Waals surface area (Å²) in [5.74, 6) is -0.644. The Morgan fingerprint density at radius 2 is 1.85 bits per heavy atom. The number of piperidine rings is 1. The molecule has 0 bridgehead atoms. The van der Waals surface area contributed by atoms with Crippen LogP contribution < -0.4 is 10.6 Å². The van der Waals surface area contributed by atoms with Crippen molar-refractivity contribution < 1.29 is 13.5 Å². The Balaban J connectivity index is 1.31. The predicted molar refractivity (Wildman–Crippen MR) is 146 cm³/mol. The summed E-state index contributed by atoms with van der Waals surface area (Å²) in [6.45, 7) is 3.68. The lowest BCUT2D eigenvalue weighted by Crippen LogP contribution is -2.42. The number of halogens is 2. The van der Waals surface area contributed by atoms with Crippen molar-refractivity contribution in [2.75, 3.05) is 36.8 Å². The molecule has 40 heavy (non-hydrogen) atoms. The van der Waals surface area contributed by atoms with Crippen LogP contribution in [-0.4, -0.2) is 52.1 Å². The highest BCUT2D eigenvalue weighted by molar-refractivity contribution is 7.23. The summed E-state index contributed by atoms with van der Waals surface area (Å²) in [6.07, 6.45) is 5.40. The van der Waals surface area contributed by atoms with Gasteiger partial charge < -0.3 is 15.4 Å². The lowest BCUT2D eigenvalue weighted by Gasteiger charge is -2.33. The molecule has 202 valence electrons. The molecule has 0 unspecified atom stereocenters. The Bertz CT molecular complexity index is 1770. The minimum absolute atomic E-state index is 0.0828. The fourth-order valence-electron chi connectivity index (χ4n) is 6.31. The Morgan fingerprint density at radius 3 is 2.62 bits per heavy atom. The normalized spacial score (nSPS) is 19.8. The zero-order chi connectivity index (χ0) is 27.5. The quantitative estimate of drug-likeness (QED) is 0.387. The van der Waals surface area contributed by atoms with E-state index in [0.717, 1.165) is 68.5 Å². The lowest BCUT2D eigenvalue weighted by atomic mass is 9.94. The maximum Gasteiger partial charge on any atom is 0.226 e. The van der Waals surface area contributed by atoms with E-state index in [4.69, 9.17) is 15.5 Å². The van der Waals surface area contributed by atoms with Gasteiger partial charge in [-0.25, -0.2) is 18.7 Å². The van der Waals surface area contributed by atoms with Crippen LogP contribution in [-0.2, 0) is 18.0 Å². The molecule has 0 radical (unpaired) electrons. The summed E-state index contributed by atoms with van der Waals surface area (Å²) in [5, 5.41) is 19.9. The number of rotatable bonds is 3. The maximum atomic E-state index is 16.5. The number of hydrogen-bond acceptors (Lipinski definition) is 10. The molecule has 0 aliphatic carbocycles. The van der Waals surface area contributed by atoms with Crippen LogP contribution in [0.15, 0.2) is 12.4 Å². The molecule has 3 aromatic heterocycles. The number of hydrogen-bond donors (Lipinski definition) is 1. The number of pyridine rings is 1. The number of thiophene rings is 1. The molecule has 3 aliphatic heterocycles. The Labute approximate surface area is 232 Å². The van der Waals surface area contributed by atoms with Crippen LogP contribution in [0.4, 0.5) is 19.7 Å². The van der Waals surface area contributed by atoms with Gasteiger partial charge in [-0.05, 0) is 43.5 Å². The van der Waals surface area contributed by atoms with Crippen molar-refractivity contribution in [1.29, 1.82) is 10.5 Å². The summed E-state index contributed by atoms with van der Waals surface area (Å²) in [5.41, 5.74) is 7.92. The minimum Gasteiger partial charge on any atom is -0.389 e. The van der Waals surface area contributed by atoms with Crippen molar-refractivity contribution in [3.8, 4) is 23.4 Å². The molecule has 3 aliphatic rings. The van der Waals surface area contributed by atoms with E-state index < -0.39 is 11.6 Å². The van der Waals surface area contributed by atoms with Crippen LogP contribution in [0.3, 0.4) is 0 Å². The number of anilines is 2. The van der Waals surface area contributed by atoms with Crippen molar-refractivity contribution in [3.05, 3.63) is 40.7 Å². The number of nitrogen functional groups attached to an aromatic ring is 1. The zero-order valence-electron chi connectivity index (χ0n) is 21.5. The van der Waals surface area contributed by atoms with Crippen molar-refractivity contribution in [3.63, 3.8) is 0 Å². The fourth-order valence-corrected chi connectivity index (χ4v) is 7.23. The van der Waals surface area contributed by atoms with Gasteiger partial charge in [0.15, 0.2) is 11.6 Å². The molecule has 1 atom stereocenters. The van der Waals surface area contributed by atoms with Crippen LogP contribution in [0, 0.1) is 40.2 Å². The Kier molecular flexibility index (Phi) is 6.00. The third-order valence-electron chi connectivity index (χ3n) is 8.41. The molecular formula is C28H24F2N8OS. The molecule has 12 heteroatoms. The Morgan fingerprint density at radius 1 is 1.05 bits per heavy atom. The van der Waals surface area contributed by atoms with Gasteiger partial charge in [0.2, 0.25) is 5.95 Å². The topological polar surface area (TPSA) is 128 Å². The van der Waals surface area contributed by atoms with E-state index in [1.165, 1.54) is 0 Å². The fraction of sp³-hybridized carbons (Fsp3) is 0.393. The number of likely N-dealkylation sites (tertiary alicyclic amines) is 1. The van der Waals surface area contributed by atoms with Gasteiger partial charge in [-0.3, -0.25) is 9.88 Å². The van der Waals surface area contributed by atoms with Crippen LogP contribution in [0.5, 0.6) is 0 Å². The van der Waals surface area contributed by atoms with E-state index in [-0.39, 0.29) is 56.6 Å². The van der Waals surface area contributed by atoms with Gasteiger partial charge in [0.25, 0.3) is 0 Å². The van der Waals surface area contributed by atoms with Crippen LogP contribution >= 0.6 is 11.3 Å². The minimum atomic E-state index is -0.615. The van der Waals surface area contributed by atoms with Crippen molar-refractivity contribution in [2.24, 2.45) is 5.92 Å². The second-order valence-corrected chi connectivity index (χ2v) is 11.6. The van der Waals surface area contributed by atoms with Gasteiger partial charge in [0.1, 0.15) is 16.6 Å². The molecule has 9 nitrogen and oxygen atoms in total. The number of nitriles is 2. The van der Waals surface area contributed by atoms with Crippen LogP contribution in [0.2, 0.25) is 0 Å². The monoisotopic (exact) mass is 558 g/mol. The van der Waals surface area contributed by atoms with E-state index in [1.807, 2.05) is 6.07 Å². The first-order chi connectivity index (χ1) is 19.5. The van der Waals surface area contributed by atoms with E-state index in [0.29, 0.717) is 22.9 Å². The van der Waals surface area contributed by atoms with Gasteiger partial charge in [0, 0.05) is 47.6 Å². The second kappa shape index (κ2) is 9.59. The molecular weight excluding hydrogens is 534 g/mol. The summed E-state index contributed by atoms with van der Waals surface area (Å²) >= 11 is 0.948. The summed E-state index contributed by atoms with van der Waals surface area (Å²) in [7, 11) is 0. The van der Waals surface area contributed by atoms with Gasteiger partial charge in [0.05, 0.1) is 41.4 Å². The molecule has 2 saturated heterocycles. The molecule has 0 saturated carbocycles. The first-order valence-electron chi connectivity index (χ1n) is 13.2.